The molecule has 0 aliphatic heterocycles. The molecule has 0 saturated heterocycles. The molecule has 35 heavy (non-hydrogen) atoms. The summed E-state index contributed by atoms with van der Waals surface area (Å²) in [4.78, 5) is 21.9. The van der Waals surface area contributed by atoms with Crippen molar-refractivity contribution in [1.29, 1.82) is 0 Å². The van der Waals surface area contributed by atoms with Crippen molar-refractivity contribution < 1.29 is 9.18 Å². The fourth-order valence-electron chi connectivity index (χ4n) is 4.19. The molecule has 5 rings (SSSR count). The van der Waals surface area contributed by atoms with Crippen LogP contribution in [0.2, 0.25) is 0 Å². The highest BCUT2D eigenvalue weighted by Crippen LogP contribution is 2.27. The number of rotatable bonds is 6. The van der Waals surface area contributed by atoms with E-state index in [1.807, 2.05) is 66.1 Å². The van der Waals surface area contributed by atoms with E-state index in [1.165, 1.54) is 11.6 Å². The maximum atomic E-state index is 13.9. The molecule has 0 aliphatic rings. The molecule has 0 radical (unpaired) electrons. The smallest absolute Gasteiger partial charge is 0.230 e. The largest absolute Gasteiger partial charge is 0.326 e. The summed E-state index contributed by atoms with van der Waals surface area (Å²) in [5.74, 6) is -0.407. The van der Waals surface area contributed by atoms with Gasteiger partial charge in [-0.25, -0.2) is 9.37 Å². The number of anilines is 1. The normalized spacial score (nSPS) is 11.1. The molecular weight excluding hydrogens is 439 g/mol. The van der Waals surface area contributed by atoms with Crippen molar-refractivity contribution in [3.8, 4) is 11.3 Å². The first-order valence-corrected chi connectivity index (χ1v) is 11.5. The molecule has 5 aromatic rings. The summed E-state index contributed by atoms with van der Waals surface area (Å²) >= 11 is 0. The minimum atomic E-state index is -0.264. The van der Waals surface area contributed by atoms with Gasteiger partial charge in [0.15, 0.2) is 0 Å². The molecule has 1 amide bonds. The quantitative estimate of drug-likeness (QED) is 0.339. The van der Waals surface area contributed by atoms with E-state index in [1.54, 1.807) is 31.5 Å². The molecule has 2 aromatic carbocycles. The third-order valence-corrected chi connectivity index (χ3v) is 6.02. The summed E-state index contributed by atoms with van der Waals surface area (Å²) in [7, 11) is 0. The third-order valence-electron chi connectivity index (χ3n) is 6.02. The van der Waals surface area contributed by atoms with Crippen molar-refractivity contribution in [2.75, 3.05) is 5.32 Å². The monoisotopic (exact) mass is 464 g/mol. The first-order chi connectivity index (χ1) is 17.0. The second kappa shape index (κ2) is 9.50. The van der Waals surface area contributed by atoms with Gasteiger partial charge in [-0.3, -0.25) is 9.78 Å². The van der Waals surface area contributed by atoms with Crippen molar-refractivity contribution in [2.24, 2.45) is 0 Å². The minimum Gasteiger partial charge on any atom is -0.326 e. The Hall–Kier alpha value is -4.32. The predicted molar refractivity (Wildman–Crippen MR) is 136 cm³/mol. The summed E-state index contributed by atoms with van der Waals surface area (Å²) in [5.41, 5.74) is 7.65. The van der Waals surface area contributed by atoms with Crippen molar-refractivity contribution in [3.05, 3.63) is 119 Å². The molecule has 174 valence electrons. The molecule has 5 nitrogen and oxygen atoms in total. The van der Waals surface area contributed by atoms with Gasteiger partial charge in [-0.2, -0.15) is 0 Å². The number of hydrogen-bond acceptors (Lipinski definition) is 3. The summed E-state index contributed by atoms with van der Waals surface area (Å²) in [6.07, 6.45) is 6.48. The molecule has 6 heteroatoms. The lowest BCUT2D eigenvalue weighted by Gasteiger charge is -2.09. The van der Waals surface area contributed by atoms with Gasteiger partial charge in [-0.1, -0.05) is 18.2 Å². The third kappa shape index (κ3) is 4.96. The van der Waals surface area contributed by atoms with Crippen LogP contribution in [0.1, 0.15) is 27.9 Å². The standard InChI is InChI=1S/C29H25FN4O/c1-19-3-10-27-33-29(23-6-9-25(30)20(2)15-23)26(34(27)18-19)17-28(35)32-24-7-4-21(5-8-24)16-22-11-13-31-14-12-22/h3-15,18H,16-17H2,1-2H3,(H,32,35). The van der Waals surface area contributed by atoms with Crippen LogP contribution in [0, 0.1) is 19.7 Å². The molecule has 1 N–H and O–H groups in total. The summed E-state index contributed by atoms with van der Waals surface area (Å²) in [6.45, 7) is 3.72. The van der Waals surface area contributed by atoms with Crippen molar-refractivity contribution in [1.82, 2.24) is 14.4 Å². The summed E-state index contributed by atoms with van der Waals surface area (Å²) in [6, 6.07) is 20.7. The van der Waals surface area contributed by atoms with E-state index in [0.717, 1.165) is 40.1 Å². The van der Waals surface area contributed by atoms with Crippen molar-refractivity contribution in [2.45, 2.75) is 26.7 Å². The number of aryl methyl sites for hydroxylation is 2. The molecule has 0 saturated carbocycles. The zero-order valence-electron chi connectivity index (χ0n) is 19.6. The van der Waals surface area contributed by atoms with Gasteiger partial charge in [-0.05, 0) is 91.1 Å². The van der Waals surface area contributed by atoms with Gasteiger partial charge in [0.2, 0.25) is 5.91 Å². The second-order valence-electron chi connectivity index (χ2n) is 8.76. The van der Waals surface area contributed by atoms with E-state index in [0.29, 0.717) is 11.3 Å². The van der Waals surface area contributed by atoms with Crippen LogP contribution in [0.25, 0.3) is 16.9 Å². The highest BCUT2D eigenvalue weighted by atomic mass is 19.1. The second-order valence-corrected chi connectivity index (χ2v) is 8.76. The average molecular weight is 465 g/mol. The van der Waals surface area contributed by atoms with Crippen LogP contribution < -0.4 is 5.32 Å². The number of halogens is 1. The number of amides is 1. The summed E-state index contributed by atoms with van der Waals surface area (Å²) < 4.78 is 15.8. The van der Waals surface area contributed by atoms with Crippen LogP contribution in [-0.4, -0.2) is 20.3 Å². The van der Waals surface area contributed by atoms with Gasteiger partial charge in [0.05, 0.1) is 17.8 Å². The lowest BCUT2D eigenvalue weighted by atomic mass is 10.0. The molecule has 0 bridgehead atoms. The summed E-state index contributed by atoms with van der Waals surface area (Å²) in [5, 5.41) is 3.00. The van der Waals surface area contributed by atoms with Gasteiger partial charge in [0.25, 0.3) is 0 Å². The molecule has 3 heterocycles. The highest BCUT2D eigenvalue weighted by Gasteiger charge is 2.18. The van der Waals surface area contributed by atoms with Gasteiger partial charge < -0.3 is 9.72 Å². The Morgan fingerprint density at radius 3 is 2.43 bits per heavy atom. The zero-order valence-corrected chi connectivity index (χ0v) is 19.6. The number of carbonyl (C=O) groups excluding carboxylic acids is 1. The number of fused-ring (bicyclic) bond motifs is 1. The van der Waals surface area contributed by atoms with Crippen LogP contribution in [-0.2, 0) is 17.6 Å². The van der Waals surface area contributed by atoms with E-state index in [2.05, 4.69) is 10.3 Å². The number of carbonyl (C=O) groups is 1. The van der Waals surface area contributed by atoms with Crippen molar-refractivity contribution in [3.63, 3.8) is 0 Å². The fourth-order valence-corrected chi connectivity index (χ4v) is 4.19. The molecule has 0 atom stereocenters. The van der Waals surface area contributed by atoms with Gasteiger partial charge in [-0.15, -0.1) is 0 Å². The fraction of sp³-hybridized carbons (Fsp3) is 0.138. The first kappa shape index (κ1) is 22.5. The number of hydrogen-bond donors (Lipinski definition) is 1. The lowest BCUT2D eigenvalue weighted by Crippen LogP contribution is -2.16. The maximum Gasteiger partial charge on any atom is 0.230 e. The Kier molecular flexibility index (Phi) is 6.10. The number of benzene rings is 2. The predicted octanol–water partition coefficient (Wildman–Crippen LogP) is 5.92. The van der Waals surface area contributed by atoms with Crippen LogP contribution in [0.15, 0.2) is 85.3 Å². The molecule has 0 fully saturated rings. The van der Waals surface area contributed by atoms with E-state index >= 15 is 0 Å². The molecule has 3 aromatic heterocycles. The van der Waals surface area contributed by atoms with Crippen LogP contribution in [0.4, 0.5) is 10.1 Å². The Bertz CT molecular complexity index is 1510. The van der Waals surface area contributed by atoms with E-state index in [-0.39, 0.29) is 18.1 Å². The molecule has 0 spiro atoms. The van der Waals surface area contributed by atoms with Crippen LogP contribution >= 0.6 is 0 Å². The molecule has 0 unspecified atom stereocenters. The topological polar surface area (TPSA) is 59.3 Å². The van der Waals surface area contributed by atoms with E-state index < -0.39 is 0 Å². The number of imidazole rings is 1. The Labute approximate surface area is 203 Å². The van der Waals surface area contributed by atoms with Gasteiger partial charge in [0, 0.05) is 29.8 Å². The SMILES string of the molecule is Cc1ccc2nc(-c3ccc(F)c(C)c3)c(CC(=O)Nc3ccc(Cc4ccncc4)cc3)n2c1. The van der Waals surface area contributed by atoms with Gasteiger partial charge >= 0.3 is 0 Å². The Morgan fingerprint density at radius 2 is 1.69 bits per heavy atom. The van der Waals surface area contributed by atoms with E-state index in [4.69, 9.17) is 4.98 Å². The maximum absolute atomic E-state index is 13.9. The average Bonchev–Trinajstić information content (AvgIpc) is 3.20. The number of pyridine rings is 2. The highest BCUT2D eigenvalue weighted by molar-refractivity contribution is 5.93. The molecule has 0 aliphatic carbocycles. The number of nitrogens with one attached hydrogen (secondary N) is 1. The number of nitrogens with zero attached hydrogens (tertiary/aromatic N) is 3. The minimum absolute atomic E-state index is 0.134. The van der Waals surface area contributed by atoms with Gasteiger partial charge in [0.1, 0.15) is 11.5 Å². The zero-order chi connectivity index (χ0) is 24.4. The number of aromatic nitrogens is 3. The lowest BCUT2D eigenvalue weighted by molar-refractivity contribution is -0.115. The first-order valence-electron chi connectivity index (χ1n) is 11.5. The van der Waals surface area contributed by atoms with E-state index in [9.17, 15) is 9.18 Å². The molecular formula is C29H25FN4O. The Morgan fingerprint density at radius 1 is 0.943 bits per heavy atom. The van der Waals surface area contributed by atoms with Crippen LogP contribution in [0.5, 0.6) is 0 Å². The van der Waals surface area contributed by atoms with Crippen LogP contribution in [0.3, 0.4) is 0 Å². The Balaban J connectivity index is 1.39. The van der Waals surface area contributed by atoms with Crippen molar-refractivity contribution >= 4 is 17.2 Å².